The first-order valence-corrected chi connectivity index (χ1v) is 6.99. The van der Waals surface area contributed by atoms with Gasteiger partial charge in [-0.15, -0.1) is 6.42 Å². The van der Waals surface area contributed by atoms with E-state index in [1.165, 1.54) is 11.5 Å². The minimum atomic E-state index is 0.00248. The van der Waals surface area contributed by atoms with Crippen LogP contribution in [0.25, 0.3) is 0 Å². The van der Waals surface area contributed by atoms with Gasteiger partial charge < -0.3 is 4.90 Å². The van der Waals surface area contributed by atoms with Crippen LogP contribution < -0.4 is 4.90 Å². The van der Waals surface area contributed by atoms with Crippen molar-refractivity contribution in [2.45, 2.75) is 20.3 Å². The van der Waals surface area contributed by atoms with Crippen molar-refractivity contribution in [3.8, 4) is 12.3 Å². The van der Waals surface area contributed by atoms with E-state index in [1.807, 2.05) is 11.8 Å². The highest BCUT2D eigenvalue weighted by molar-refractivity contribution is 7.10. The van der Waals surface area contributed by atoms with E-state index in [9.17, 15) is 4.79 Å². The highest BCUT2D eigenvalue weighted by Gasteiger charge is 2.31. The number of hydrogen-bond donors (Lipinski definition) is 0. The fraction of sp³-hybridized carbons (Fsp3) is 0.538. The van der Waals surface area contributed by atoms with Crippen molar-refractivity contribution in [2.24, 2.45) is 0 Å². The molecule has 1 saturated heterocycles. The summed E-state index contributed by atoms with van der Waals surface area (Å²) in [7, 11) is 1.79. The molecule has 0 saturated carbocycles. The number of urea groups is 1. The summed E-state index contributed by atoms with van der Waals surface area (Å²) < 4.78 is 4.41. The molecule has 1 aliphatic heterocycles. The summed E-state index contributed by atoms with van der Waals surface area (Å²) >= 11 is 1.38. The summed E-state index contributed by atoms with van der Waals surface area (Å²) in [6, 6.07) is 0.00248. The van der Waals surface area contributed by atoms with Crippen LogP contribution in [0.15, 0.2) is 0 Å². The largest absolute Gasteiger partial charge is 0.327 e. The van der Waals surface area contributed by atoms with Crippen LogP contribution in [0.2, 0.25) is 0 Å². The molecule has 0 N–H and O–H groups in total. The summed E-state index contributed by atoms with van der Waals surface area (Å²) in [5, 5.41) is 0.926. The molecule has 2 rings (SSSR count). The van der Waals surface area contributed by atoms with E-state index in [2.05, 4.69) is 17.2 Å². The zero-order valence-corrected chi connectivity index (χ0v) is 12.3. The number of hydrogen-bond acceptors (Lipinski definition) is 4. The number of aromatic nitrogens is 1. The summed E-state index contributed by atoms with van der Waals surface area (Å²) in [5.74, 6) is 2.62. The molecule has 0 bridgehead atoms. The molecule has 0 atom stereocenters. The average Bonchev–Trinajstić information content (AvgIpc) is 2.75. The number of amides is 2. The number of nitrogens with zero attached hydrogens (tertiary/aromatic N) is 4. The molecule has 0 aromatic carbocycles. The first kappa shape index (κ1) is 13.8. The van der Waals surface area contributed by atoms with Crippen molar-refractivity contribution in [3.05, 3.63) is 11.3 Å². The van der Waals surface area contributed by atoms with Gasteiger partial charge in [0.2, 0.25) is 0 Å². The third kappa shape index (κ3) is 2.57. The maximum Gasteiger partial charge on any atom is 0.327 e. The monoisotopic (exact) mass is 278 g/mol. The molecule has 19 heavy (non-hydrogen) atoms. The van der Waals surface area contributed by atoms with Crippen molar-refractivity contribution in [1.29, 1.82) is 0 Å². The number of aryl methyl sites for hydroxylation is 1. The predicted molar refractivity (Wildman–Crippen MR) is 77.1 cm³/mol. The van der Waals surface area contributed by atoms with E-state index in [4.69, 9.17) is 6.42 Å². The lowest BCUT2D eigenvalue weighted by molar-refractivity contribution is 0.141. The van der Waals surface area contributed by atoms with E-state index in [1.54, 1.807) is 16.8 Å². The van der Waals surface area contributed by atoms with Crippen LogP contribution in [0.3, 0.4) is 0 Å². The van der Waals surface area contributed by atoms with Crippen molar-refractivity contribution in [1.82, 2.24) is 14.2 Å². The second-order valence-electron chi connectivity index (χ2n) is 4.64. The molecule has 0 unspecified atom stereocenters. The SMILES string of the molecule is C#CCN1CN(C)C(=O)N(c2snc(CC)c2C)C1. The molecule has 102 valence electrons. The Labute approximate surface area is 118 Å². The predicted octanol–water partition coefficient (Wildman–Crippen LogP) is 1.74. The minimum Gasteiger partial charge on any atom is -0.314 e. The number of rotatable bonds is 3. The van der Waals surface area contributed by atoms with Crippen molar-refractivity contribution in [2.75, 3.05) is 31.8 Å². The number of carbonyl (C=O) groups excluding carboxylic acids is 1. The Morgan fingerprint density at radius 2 is 2.21 bits per heavy atom. The number of anilines is 1. The lowest BCUT2D eigenvalue weighted by Gasteiger charge is -2.39. The zero-order chi connectivity index (χ0) is 14.0. The maximum atomic E-state index is 12.3. The van der Waals surface area contributed by atoms with Gasteiger partial charge in [0.05, 0.1) is 25.6 Å². The zero-order valence-electron chi connectivity index (χ0n) is 11.5. The molecule has 1 fully saturated rings. The van der Waals surface area contributed by atoms with Gasteiger partial charge in [0.1, 0.15) is 5.00 Å². The number of terminal acetylenes is 1. The minimum absolute atomic E-state index is 0.00248. The summed E-state index contributed by atoms with van der Waals surface area (Å²) in [6.45, 7) is 5.72. The smallest absolute Gasteiger partial charge is 0.314 e. The van der Waals surface area contributed by atoms with Gasteiger partial charge in [-0.05, 0) is 24.9 Å². The Morgan fingerprint density at radius 3 is 2.79 bits per heavy atom. The van der Waals surface area contributed by atoms with Gasteiger partial charge in [-0.1, -0.05) is 12.8 Å². The molecule has 1 aromatic heterocycles. The lowest BCUT2D eigenvalue weighted by Crippen LogP contribution is -2.56. The molecule has 1 aliphatic rings. The Morgan fingerprint density at radius 1 is 1.47 bits per heavy atom. The van der Waals surface area contributed by atoms with Gasteiger partial charge in [-0.2, -0.15) is 4.37 Å². The van der Waals surface area contributed by atoms with E-state index < -0.39 is 0 Å². The normalized spacial score (nSPS) is 16.8. The first-order valence-electron chi connectivity index (χ1n) is 6.22. The van der Waals surface area contributed by atoms with E-state index >= 15 is 0 Å². The van der Waals surface area contributed by atoms with E-state index in [0.717, 1.165) is 22.7 Å². The quantitative estimate of drug-likeness (QED) is 0.791. The third-order valence-corrected chi connectivity index (χ3v) is 4.21. The summed E-state index contributed by atoms with van der Waals surface area (Å²) in [4.78, 5) is 17.8. The average molecular weight is 278 g/mol. The Balaban J connectivity index is 2.28. The Bertz CT molecular complexity index is 519. The molecule has 5 nitrogen and oxygen atoms in total. The van der Waals surface area contributed by atoms with Crippen LogP contribution in [-0.4, -0.2) is 47.1 Å². The maximum absolute atomic E-state index is 12.3. The fourth-order valence-corrected chi connectivity index (χ4v) is 3.14. The third-order valence-electron chi connectivity index (χ3n) is 3.20. The van der Waals surface area contributed by atoms with Crippen LogP contribution >= 0.6 is 11.5 Å². The van der Waals surface area contributed by atoms with E-state index in [-0.39, 0.29) is 6.03 Å². The molecule has 1 aromatic rings. The highest BCUT2D eigenvalue weighted by atomic mass is 32.1. The lowest BCUT2D eigenvalue weighted by atomic mass is 10.2. The van der Waals surface area contributed by atoms with Crippen molar-refractivity contribution < 1.29 is 4.79 Å². The molecule has 2 heterocycles. The molecular weight excluding hydrogens is 260 g/mol. The van der Waals surface area contributed by atoms with Gasteiger partial charge in [0.15, 0.2) is 0 Å². The van der Waals surface area contributed by atoms with Crippen LogP contribution in [0, 0.1) is 19.3 Å². The molecule has 0 spiro atoms. The molecule has 2 amide bonds. The van der Waals surface area contributed by atoms with Gasteiger partial charge in [-0.3, -0.25) is 9.80 Å². The van der Waals surface area contributed by atoms with Crippen LogP contribution in [0.1, 0.15) is 18.2 Å². The summed E-state index contributed by atoms with van der Waals surface area (Å²) in [6.07, 6.45) is 6.24. The number of carbonyl (C=O) groups is 1. The standard InChI is InChI=1S/C13H18N4OS/c1-5-7-16-8-15(4)13(18)17(9-16)12-10(3)11(6-2)14-19-12/h1H,6-9H2,2-4H3. The van der Waals surface area contributed by atoms with Crippen LogP contribution in [-0.2, 0) is 6.42 Å². The molecule has 0 aliphatic carbocycles. The summed E-state index contributed by atoms with van der Waals surface area (Å²) in [5.41, 5.74) is 2.15. The fourth-order valence-electron chi connectivity index (χ4n) is 2.19. The topological polar surface area (TPSA) is 39.7 Å². The van der Waals surface area contributed by atoms with Crippen LogP contribution in [0.5, 0.6) is 0 Å². The Kier molecular flexibility index (Phi) is 4.08. The Hall–Kier alpha value is -1.58. The van der Waals surface area contributed by atoms with Gasteiger partial charge in [0, 0.05) is 12.6 Å². The first-order chi connectivity index (χ1) is 9.08. The molecular formula is C13H18N4OS. The van der Waals surface area contributed by atoms with Gasteiger partial charge in [-0.25, -0.2) is 4.79 Å². The van der Waals surface area contributed by atoms with Crippen molar-refractivity contribution >= 4 is 22.6 Å². The van der Waals surface area contributed by atoms with Crippen molar-refractivity contribution in [3.63, 3.8) is 0 Å². The molecule has 0 radical (unpaired) electrons. The van der Waals surface area contributed by atoms with Gasteiger partial charge in [0.25, 0.3) is 0 Å². The second-order valence-corrected chi connectivity index (χ2v) is 5.39. The van der Waals surface area contributed by atoms with Gasteiger partial charge >= 0.3 is 6.03 Å². The van der Waals surface area contributed by atoms with Crippen LogP contribution in [0.4, 0.5) is 9.80 Å². The molecule has 6 heteroatoms. The highest BCUT2D eigenvalue weighted by Crippen LogP contribution is 2.30. The van der Waals surface area contributed by atoms with E-state index in [0.29, 0.717) is 19.9 Å². The second kappa shape index (κ2) is 5.59.